The zero-order chi connectivity index (χ0) is 22.7. The van der Waals surface area contributed by atoms with Crippen LogP contribution in [0.4, 0.5) is 5.69 Å². The molecule has 2 heterocycles. The first-order chi connectivity index (χ1) is 16.1. The van der Waals surface area contributed by atoms with Crippen LogP contribution < -0.4 is 19.7 Å². The third kappa shape index (κ3) is 5.24. The Morgan fingerprint density at radius 3 is 2.55 bits per heavy atom. The maximum atomic E-state index is 12.6. The highest BCUT2D eigenvalue weighted by Crippen LogP contribution is 2.41. The second-order valence-electron chi connectivity index (χ2n) is 10.4. The number of nitrogens with one attached hydrogen (secondary N) is 1. The number of amides is 1. The largest absolute Gasteiger partial charge is 0.454 e. The Balaban J connectivity index is 1.01. The van der Waals surface area contributed by atoms with Gasteiger partial charge in [-0.1, -0.05) is 25.3 Å². The molecule has 4 aliphatic rings. The SMILES string of the molecule is O=C(N[C@H]1CC[C@H](CCN2CCN(c3cccc4c3OCO4)CC2)CC1)C1(O)CCCCC1. The van der Waals surface area contributed by atoms with E-state index in [4.69, 9.17) is 9.47 Å². The number of para-hydroxylation sites is 1. The summed E-state index contributed by atoms with van der Waals surface area (Å²) in [5.74, 6) is 2.38. The number of hydrogen-bond donors (Lipinski definition) is 2. The van der Waals surface area contributed by atoms with Gasteiger partial charge in [-0.2, -0.15) is 0 Å². The number of benzene rings is 1. The molecule has 0 unspecified atom stereocenters. The third-order valence-electron chi connectivity index (χ3n) is 8.23. The lowest BCUT2D eigenvalue weighted by atomic mass is 9.81. The van der Waals surface area contributed by atoms with Crippen molar-refractivity contribution in [2.75, 3.05) is 44.4 Å². The van der Waals surface area contributed by atoms with Crippen LogP contribution in [-0.4, -0.2) is 67.1 Å². The maximum Gasteiger partial charge on any atom is 0.252 e. The summed E-state index contributed by atoms with van der Waals surface area (Å²) in [6.45, 7) is 5.66. The highest BCUT2D eigenvalue weighted by Gasteiger charge is 2.38. The van der Waals surface area contributed by atoms with Crippen LogP contribution in [0.15, 0.2) is 18.2 Å². The summed E-state index contributed by atoms with van der Waals surface area (Å²) in [4.78, 5) is 17.6. The molecule has 7 nitrogen and oxygen atoms in total. The molecule has 3 fully saturated rings. The van der Waals surface area contributed by atoms with E-state index in [0.29, 0.717) is 19.6 Å². The van der Waals surface area contributed by atoms with Gasteiger partial charge in [0, 0.05) is 32.2 Å². The Morgan fingerprint density at radius 2 is 1.79 bits per heavy atom. The van der Waals surface area contributed by atoms with E-state index in [2.05, 4.69) is 21.2 Å². The molecule has 0 radical (unpaired) electrons. The number of carbonyl (C=O) groups is 1. The number of rotatable bonds is 6. The quantitative estimate of drug-likeness (QED) is 0.683. The highest BCUT2D eigenvalue weighted by atomic mass is 16.7. The van der Waals surface area contributed by atoms with Gasteiger partial charge in [0.2, 0.25) is 6.79 Å². The van der Waals surface area contributed by atoms with Gasteiger partial charge in [0.1, 0.15) is 5.60 Å². The zero-order valence-corrected chi connectivity index (χ0v) is 19.8. The van der Waals surface area contributed by atoms with Crippen LogP contribution in [0.3, 0.4) is 0 Å². The van der Waals surface area contributed by atoms with E-state index in [1.54, 1.807) is 0 Å². The Labute approximate surface area is 197 Å². The Morgan fingerprint density at radius 1 is 1.03 bits per heavy atom. The third-order valence-corrected chi connectivity index (χ3v) is 8.23. The van der Waals surface area contributed by atoms with Crippen molar-refractivity contribution in [3.8, 4) is 11.5 Å². The first kappa shape index (κ1) is 22.8. The Hall–Kier alpha value is -1.99. The monoisotopic (exact) mass is 457 g/mol. The highest BCUT2D eigenvalue weighted by molar-refractivity contribution is 5.85. The van der Waals surface area contributed by atoms with E-state index in [1.165, 1.54) is 19.3 Å². The fraction of sp³-hybridized carbons (Fsp3) is 0.731. The number of anilines is 1. The summed E-state index contributed by atoms with van der Waals surface area (Å²) in [6, 6.07) is 6.39. The van der Waals surface area contributed by atoms with Crippen molar-refractivity contribution in [1.82, 2.24) is 10.2 Å². The summed E-state index contributed by atoms with van der Waals surface area (Å²) < 4.78 is 11.2. The molecule has 2 N–H and O–H groups in total. The lowest BCUT2D eigenvalue weighted by molar-refractivity contribution is -0.144. The smallest absolute Gasteiger partial charge is 0.252 e. The van der Waals surface area contributed by atoms with Gasteiger partial charge < -0.3 is 24.8 Å². The van der Waals surface area contributed by atoms with Gasteiger partial charge in [-0.25, -0.2) is 0 Å². The van der Waals surface area contributed by atoms with Crippen LogP contribution in [0.2, 0.25) is 0 Å². The number of nitrogens with zero attached hydrogens (tertiary/aromatic N) is 2. The Kier molecular flexibility index (Phi) is 6.97. The van der Waals surface area contributed by atoms with E-state index in [9.17, 15) is 9.90 Å². The van der Waals surface area contributed by atoms with E-state index >= 15 is 0 Å². The van der Waals surface area contributed by atoms with E-state index < -0.39 is 5.60 Å². The fourth-order valence-electron chi connectivity index (χ4n) is 6.02. The summed E-state index contributed by atoms with van der Waals surface area (Å²) in [5, 5.41) is 13.8. The molecule has 1 saturated heterocycles. The first-order valence-corrected chi connectivity index (χ1v) is 13.0. The number of fused-ring (bicyclic) bond motifs is 1. The topological polar surface area (TPSA) is 74.3 Å². The minimum absolute atomic E-state index is 0.121. The molecule has 2 saturated carbocycles. The van der Waals surface area contributed by atoms with E-state index in [0.717, 1.165) is 87.9 Å². The normalized spacial score (nSPS) is 27.4. The van der Waals surface area contributed by atoms with Gasteiger partial charge in [-0.05, 0) is 69.5 Å². The van der Waals surface area contributed by atoms with Crippen molar-refractivity contribution in [3.05, 3.63) is 18.2 Å². The second-order valence-corrected chi connectivity index (χ2v) is 10.4. The maximum absolute atomic E-state index is 12.6. The molecule has 0 bridgehead atoms. The first-order valence-electron chi connectivity index (χ1n) is 13.0. The molecule has 182 valence electrons. The summed E-state index contributed by atoms with van der Waals surface area (Å²) >= 11 is 0. The van der Waals surface area contributed by atoms with Crippen molar-refractivity contribution in [2.24, 2.45) is 5.92 Å². The second kappa shape index (κ2) is 10.1. The molecule has 0 aromatic heterocycles. The lowest BCUT2D eigenvalue weighted by Gasteiger charge is -2.38. The van der Waals surface area contributed by atoms with Crippen molar-refractivity contribution < 1.29 is 19.4 Å². The van der Waals surface area contributed by atoms with Crippen molar-refractivity contribution in [1.29, 1.82) is 0 Å². The van der Waals surface area contributed by atoms with Gasteiger partial charge in [0.05, 0.1) is 5.69 Å². The summed E-state index contributed by atoms with van der Waals surface area (Å²) in [7, 11) is 0. The molecule has 0 spiro atoms. The van der Waals surface area contributed by atoms with Gasteiger partial charge in [-0.15, -0.1) is 0 Å². The molecule has 5 rings (SSSR count). The number of piperazine rings is 1. The van der Waals surface area contributed by atoms with Crippen molar-refractivity contribution in [2.45, 2.75) is 75.9 Å². The minimum Gasteiger partial charge on any atom is -0.454 e. The fourth-order valence-corrected chi connectivity index (χ4v) is 6.02. The van der Waals surface area contributed by atoms with Gasteiger partial charge >= 0.3 is 0 Å². The lowest BCUT2D eigenvalue weighted by Crippen LogP contribution is -2.52. The number of hydrogen-bond acceptors (Lipinski definition) is 6. The molecule has 2 aliphatic heterocycles. The average molecular weight is 458 g/mol. The molecular weight excluding hydrogens is 418 g/mol. The number of carbonyl (C=O) groups excluding carboxylic acids is 1. The van der Waals surface area contributed by atoms with Crippen LogP contribution in [-0.2, 0) is 4.79 Å². The van der Waals surface area contributed by atoms with Crippen molar-refractivity contribution in [3.63, 3.8) is 0 Å². The predicted molar refractivity (Wildman–Crippen MR) is 128 cm³/mol. The van der Waals surface area contributed by atoms with Crippen LogP contribution >= 0.6 is 0 Å². The molecule has 1 aromatic rings. The molecule has 1 aromatic carbocycles. The zero-order valence-electron chi connectivity index (χ0n) is 19.8. The molecule has 0 atom stereocenters. The van der Waals surface area contributed by atoms with Crippen LogP contribution in [0.1, 0.15) is 64.2 Å². The van der Waals surface area contributed by atoms with Gasteiger partial charge in [0.25, 0.3) is 5.91 Å². The molecule has 33 heavy (non-hydrogen) atoms. The van der Waals surface area contributed by atoms with Crippen LogP contribution in [0, 0.1) is 5.92 Å². The number of ether oxygens (including phenoxy) is 2. The molecular formula is C26H39N3O4. The van der Waals surface area contributed by atoms with Crippen LogP contribution in [0.5, 0.6) is 11.5 Å². The Bertz CT molecular complexity index is 810. The minimum atomic E-state index is -1.11. The number of aliphatic hydroxyl groups is 1. The van der Waals surface area contributed by atoms with Crippen molar-refractivity contribution >= 4 is 11.6 Å². The van der Waals surface area contributed by atoms with Crippen LogP contribution in [0.25, 0.3) is 0 Å². The average Bonchev–Trinajstić information content (AvgIpc) is 3.34. The molecule has 7 heteroatoms. The van der Waals surface area contributed by atoms with E-state index in [-0.39, 0.29) is 11.9 Å². The summed E-state index contributed by atoms with van der Waals surface area (Å²) in [5.41, 5.74) is 0.0406. The van der Waals surface area contributed by atoms with E-state index in [1.807, 2.05) is 12.1 Å². The van der Waals surface area contributed by atoms with Gasteiger partial charge in [0.15, 0.2) is 11.5 Å². The molecule has 2 aliphatic carbocycles. The predicted octanol–water partition coefficient (Wildman–Crippen LogP) is 3.30. The molecule has 1 amide bonds. The van der Waals surface area contributed by atoms with Gasteiger partial charge in [-0.3, -0.25) is 9.69 Å². The standard InChI is InChI=1S/C26H39N3O4/c30-25(26(31)12-2-1-3-13-26)27-21-9-7-20(8-10-21)11-14-28-15-17-29(18-16-28)22-5-4-6-23-24(22)33-19-32-23/h4-6,20-21,31H,1-3,7-19H2,(H,27,30)/t20-,21-. The summed E-state index contributed by atoms with van der Waals surface area (Å²) in [6.07, 6.45) is 9.97.